The van der Waals surface area contributed by atoms with E-state index in [4.69, 9.17) is 0 Å². The molecule has 0 unspecified atom stereocenters. The summed E-state index contributed by atoms with van der Waals surface area (Å²) < 4.78 is 3.72. The molecule has 0 aliphatic carbocycles. The van der Waals surface area contributed by atoms with Crippen LogP contribution in [0, 0.1) is 13.8 Å². The molecule has 0 atom stereocenters. The van der Waals surface area contributed by atoms with E-state index in [0.717, 1.165) is 33.3 Å². The Morgan fingerprint density at radius 2 is 1.52 bits per heavy atom. The minimum atomic E-state index is 0.0444. The normalized spacial score (nSPS) is 11.4. The van der Waals surface area contributed by atoms with Gasteiger partial charge in [0.15, 0.2) is 0 Å². The molecule has 2 heterocycles. The minimum absolute atomic E-state index is 0.0444. The fourth-order valence-corrected chi connectivity index (χ4v) is 3.23. The minimum Gasteiger partial charge on any atom is -0.325 e. The van der Waals surface area contributed by atoms with Gasteiger partial charge in [-0.1, -0.05) is 36.4 Å². The van der Waals surface area contributed by atoms with Crippen LogP contribution in [-0.4, -0.2) is 20.0 Å². The monoisotopic (exact) mass is 303 g/mol. The number of hydrogen-bond donors (Lipinski definition) is 0. The Balaban J connectivity index is 1.89. The molecule has 114 valence electrons. The summed E-state index contributed by atoms with van der Waals surface area (Å²) in [6, 6.07) is 16.1. The molecule has 4 rings (SSSR count). The lowest BCUT2D eigenvalue weighted by Crippen LogP contribution is -2.18. The van der Waals surface area contributed by atoms with Crippen molar-refractivity contribution in [2.45, 2.75) is 20.4 Å². The number of benzene rings is 2. The number of carbonyl (C=O) groups excluding carboxylic acids is 1. The number of fused-ring (bicyclic) bond motifs is 3. The first kappa shape index (κ1) is 13.8. The molecule has 0 bridgehead atoms. The molecule has 23 heavy (non-hydrogen) atoms. The summed E-state index contributed by atoms with van der Waals surface area (Å²) in [6.45, 7) is 4.15. The van der Waals surface area contributed by atoms with Gasteiger partial charge in [-0.3, -0.25) is 9.36 Å². The molecule has 4 heteroatoms. The summed E-state index contributed by atoms with van der Waals surface area (Å²) in [5.74, 6) is 0.902. The number of carbonyl (C=O) groups is 1. The summed E-state index contributed by atoms with van der Waals surface area (Å²) in [6.07, 6.45) is 1.92. The summed E-state index contributed by atoms with van der Waals surface area (Å²) >= 11 is 0. The van der Waals surface area contributed by atoms with Crippen LogP contribution >= 0.6 is 0 Å². The van der Waals surface area contributed by atoms with Crippen molar-refractivity contribution < 1.29 is 4.79 Å². The number of aryl methyl sites for hydroxylation is 2. The fourth-order valence-electron chi connectivity index (χ4n) is 3.23. The molecule has 0 spiro atoms. The number of hydrogen-bond acceptors (Lipinski definition) is 2. The summed E-state index contributed by atoms with van der Waals surface area (Å²) in [7, 11) is 0. The molecule has 0 saturated heterocycles. The van der Waals surface area contributed by atoms with Gasteiger partial charge < -0.3 is 4.57 Å². The summed E-state index contributed by atoms with van der Waals surface area (Å²) in [5.41, 5.74) is 2.83. The van der Waals surface area contributed by atoms with Crippen molar-refractivity contribution in [2.24, 2.45) is 0 Å². The largest absolute Gasteiger partial charge is 0.325 e. The molecule has 0 aliphatic heterocycles. The number of nitrogens with zero attached hydrogens (tertiary/aromatic N) is 3. The van der Waals surface area contributed by atoms with Crippen molar-refractivity contribution >= 4 is 27.7 Å². The van der Waals surface area contributed by atoms with Crippen LogP contribution in [0.15, 0.2) is 54.7 Å². The van der Waals surface area contributed by atoms with Crippen molar-refractivity contribution in [2.75, 3.05) is 0 Å². The first-order valence-corrected chi connectivity index (χ1v) is 7.67. The van der Waals surface area contributed by atoms with Crippen LogP contribution in [0.4, 0.5) is 0 Å². The van der Waals surface area contributed by atoms with Gasteiger partial charge in [-0.25, -0.2) is 4.98 Å². The molecule has 0 radical (unpaired) electrons. The third kappa shape index (κ3) is 2.14. The third-order valence-corrected chi connectivity index (χ3v) is 4.23. The first-order chi connectivity index (χ1) is 11.1. The number of imidazole rings is 1. The van der Waals surface area contributed by atoms with Gasteiger partial charge in [-0.15, -0.1) is 0 Å². The average Bonchev–Trinajstić information content (AvgIpc) is 3.04. The highest BCUT2D eigenvalue weighted by Gasteiger charge is 2.16. The lowest BCUT2D eigenvalue weighted by molar-refractivity contribution is 0.0900. The second-order valence-electron chi connectivity index (χ2n) is 5.82. The maximum atomic E-state index is 13.0. The molecule has 0 fully saturated rings. The van der Waals surface area contributed by atoms with E-state index in [2.05, 4.69) is 17.1 Å². The summed E-state index contributed by atoms with van der Waals surface area (Å²) in [4.78, 5) is 17.4. The lowest BCUT2D eigenvalue weighted by Gasteiger charge is -2.08. The van der Waals surface area contributed by atoms with Gasteiger partial charge in [0.1, 0.15) is 12.4 Å². The highest BCUT2D eigenvalue weighted by molar-refractivity contribution is 6.13. The van der Waals surface area contributed by atoms with Crippen LogP contribution in [0.1, 0.15) is 16.3 Å². The molecule has 0 N–H and O–H groups in total. The van der Waals surface area contributed by atoms with Gasteiger partial charge in [0.2, 0.25) is 0 Å². The van der Waals surface area contributed by atoms with E-state index >= 15 is 0 Å². The van der Waals surface area contributed by atoms with Crippen molar-refractivity contribution in [3.05, 3.63) is 66.2 Å². The number of rotatable bonds is 2. The topological polar surface area (TPSA) is 39.8 Å². The van der Waals surface area contributed by atoms with Gasteiger partial charge in [0, 0.05) is 17.0 Å². The van der Waals surface area contributed by atoms with Crippen molar-refractivity contribution in [1.29, 1.82) is 0 Å². The SMILES string of the molecule is Cc1cn(CC(=O)n2c3ccccc3c3ccccc32)c(C)n1. The van der Waals surface area contributed by atoms with Crippen LogP contribution in [0.25, 0.3) is 21.8 Å². The second kappa shape index (κ2) is 5.09. The van der Waals surface area contributed by atoms with E-state index in [1.807, 2.05) is 65.6 Å². The Morgan fingerprint density at radius 1 is 0.957 bits per heavy atom. The standard InChI is InChI=1S/C19H17N3O/c1-13-11-21(14(2)20-13)12-19(23)22-17-9-5-3-7-15(17)16-8-4-6-10-18(16)22/h3-11H,12H2,1-2H3. The molecule has 4 aromatic rings. The Kier molecular flexibility index (Phi) is 3.05. The van der Waals surface area contributed by atoms with E-state index in [1.165, 1.54) is 0 Å². The number of aromatic nitrogens is 3. The zero-order valence-corrected chi connectivity index (χ0v) is 13.2. The molecule has 0 aliphatic rings. The Morgan fingerprint density at radius 3 is 2.04 bits per heavy atom. The van der Waals surface area contributed by atoms with E-state index in [1.54, 1.807) is 0 Å². The Labute approximate surface area is 134 Å². The van der Waals surface area contributed by atoms with Crippen LogP contribution in [0.5, 0.6) is 0 Å². The molecular formula is C19H17N3O. The molecule has 2 aromatic carbocycles. The smallest absolute Gasteiger partial charge is 0.251 e. The van der Waals surface area contributed by atoms with Gasteiger partial charge >= 0.3 is 0 Å². The lowest BCUT2D eigenvalue weighted by atomic mass is 10.2. The highest BCUT2D eigenvalue weighted by Crippen LogP contribution is 2.28. The van der Waals surface area contributed by atoms with E-state index in [0.29, 0.717) is 0 Å². The van der Waals surface area contributed by atoms with E-state index in [-0.39, 0.29) is 12.5 Å². The second-order valence-corrected chi connectivity index (χ2v) is 5.82. The molecule has 0 amide bonds. The Hall–Kier alpha value is -2.88. The predicted molar refractivity (Wildman–Crippen MR) is 91.8 cm³/mol. The zero-order valence-electron chi connectivity index (χ0n) is 13.2. The van der Waals surface area contributed by atoms with Gasteiger partial charge in [0.05, 0.1) is 16.7 Å². The maximum Gasteiger partial charge on any atom is 0.251 e. The van der Waals surface area contributed by atoms with Crippen molar-refractivity contribution in [3.63, 3.8) is 0 Å². The molecule has 0 saturated carbocycles. The maximum absolute atomic E-state index is 13.0. The van der Waals surface area contributed by atoms with Gasteiger partial charge in [-0.05, 0) is 26.0 Å². The zero-order chi connectivity index (χ0) is 16.0. The van der Waals surface area contributed by atoms with Crippen molar-refractivity contribution in [3.8, 4) is 0 Å². The van der Waals surface area contributed by atoms with Crippen LogP contribution in [0.2, 0.25) is 0 Å². The highest BCUT2D eigenvalue weighted by atomic mass is 16.2. The summed E-state index contributed by atoms with van der Waals surface area (Å²) in [5, 5.41) is 2.21. The average molecular weight is 303 g/mol. The Bertz CT molecular complexity index is 986. The first-order valence-electron chi connectivity index (χ1n) is 7.67. The van der Waals surface area contributed by atoms with Crippen LogP contribution in [0.3, 0.4) is 0 Å². The van der Waals surface area contributed by atoms with Gasteiger partial charge in [0.25, 0.3) is 5.91 Å². The van der Waals surface area contributed by atoms with E-state index < -0.39 is 0 Å². The van der Waals surface area contributed by atoms with Crippen LogP contribution in [-0.2, 0) is 6.54 Å². The molecule has 2 aromatic heterocycles. The quantitative estimate of drug-likeness (QED) is 0.562. The third-order valence-electron chi connectivity index (χ3n) is 4.23. The molecular weight excluding hydrogens is 286 g/mol. The molecule has 4 nitrogen and oxygen atoms in total. The van der Waals surface area contributed by atoms with Crippen LogP contribution < -0.4 is 0 Å². The predicted octanol–water partition coefficient (Wildman–Crippen LogP) is 3.95. The van der Waals surface area contributed by atoms with Gasteiger partial charge in [-0.2, -0.15) is 0 Å². The van der Waals surface area contributed by atoms with E-state index in [9.17, 15) is 4.79 Å². The van der Waals surface area contributed by atoms with Crippen molar-refractivity contribution in [1.82, 2.24) is 14.1 Å². The fraction of sp³-hybridized carbons (Fsp3) is 0.158. The number of para-hydroxylation sites is 2.